The summed E-state index contributed by atoms with van der Waals surface area (Å²) < 4.78 is 5.12. The maximum atomic E-state index is 12.7. The van der Waals surface area contributed by atoms with Gasteiger partial charge in [-0.05, 0) is 42.5 Å². The molecule has 33 heavy (non-hydrogen) atoms. The fraction of sp³-hybridized carbons (Fsp3) is 0.208. The number of phenols is 2. The number of nitrogens with zero attached hydrogens (tertiary/aromatic N) is 4. The van der Waals surface area contributed by atoms with Crippen molar-refractivity contribution in [3.8, 4) is 28.6 Å². The molecule has 1 aliphatic heterocycles. The summed E-state index contributed by atoms with van der Waals surface area (Å²) in [5.41, 5.74) is 3.92. The molecule has 2 aromatic carbocycles. The summed E-state index contributed by atoms with van der Waals surface area (Å²) in [7, 11) is 1.42. The summed E-state index contributed by atoms with van der Waals surface area (Å²) in [6.07, 6.45) is 3.26. The molecule has 1 aliphatic rings. The third-order valence-corrected chi connectivity index (χ3v) is 5.87. The highest BCUT2D eigenvalue weighted by atomic mass is 16.5. The minimum absolute atomic E-state index is 0.0250. The first-order chi connectivity index (χ1) is 16.0. The minimum atomic E-state index is -0.304. The number of anilines is 1. The molecule has 5 rings (SSSR count). The van der Waals surface area contributed by atoms with E-state index in [4.69, 9.17) is 4.74 Å². The van der Waals surface area contributed by atoms with Gasteiger partial charge in [-0.3, -0.25) is 9.78 Å². The number of fused-ring (bicyclic) bond motifs is 1. The number of aromatic amines is 1. The molecule has 168 valence electrons. The van der Waals surface area contributed by atoms with E-state index in [1.807, 2.05) is 23.1 Å². The van der Waals surface area contributed by atoms with Gasteiger partial charge in [0.05, 0.1) is 18.1 Å². The van der Waals surface area contributed by atoms with Gasteiger partial charge in [0.2, 0.25) is 5.75 Å². The molecular formula is C24H23N5O4. The predicted octanol–water partition coefficient (Wildman–Crippen LogP) is 3.01. The number of hydrogen-bond acceptors (Lipinski definition) is 7. The number of aromatic nitrogens is 3. The zero-order chi connectivity index (χ0) is 22.9. The van der Waals surface area contributed by atoms with E-state index >= 15 is 0 Å². The number of piperazine rings is 1. The fourth-order valence-corrected chi connectivity index (χ4v) is 4.06. The number of ether oxygens (including phenoxy) is 1. The molecule has 0 spiro atoms. The van der Waals surface area contributed by atoms with Gasteiger partial charge in [-0.25, -0.2) is 4.98 Å². The van der Waals surface area contributed by atoms with Crippen molar-refractivity contribution in [3.63, 3.8) is 0 Å². The average molecular weight is 445 g/mol. The molecule has 1 amide bonds. The van der Waals surface area contributed by atoms with Crippen LogP contribution in [0.3, 0.4) is 0 Å². The summed E-state index contributed by atoms with van der Waals surface area (Å²) in [6, 6.07) is 12.5. The Bertz CT molecular complexity index is 1310. The number of carbonyl (C=O) groups excluding carboxylic acids is 1. The van der Waals surface area contributed by atoms with Crippen molar-refractivity contribution < 1.29 is 19.7 Å². The first-order valence-electron chi connectivity index (χ1n) is 10.6. The van der Waals surface area contributed by atoms with Crippen LogP contribution >= 0.6 is 0 Å². The second-order valence-corrected chi connectivity index (χ2v) is 7.85. The first kappa shape index (κ1) is 20.6. The van der Waals surface area contributed by atoms with Gasteiger partial charge in [0.25, 0.3) is 5.91 Å². The lowest BCUT2D eigenvalue weighted by molar-refractivity contribution is 0.0746. The highest BCUT2D eigenvalue weighted by Gasteiger charge is 2.23. The van der Waals surface area contributed by atoms with Crippen LogP contribution in [0.4, 0.5) is 5.69 Å². The normalized spacial score (nSPS) is 14.0. The predicted molar refractivity (Wildman–Crippen MR) is 124 cm³/mol. The number of imidazole rings is 1. The zero-order valence-electron chi connectivity index (χ0n) is 18.0. The number of nitrogens with one attached hydrogen (secondary N) is 1. The molecule has 0 saturated carbocycles. The Hall–Kier alpha value is -4.27. The summed E-state index contributed by atoms with van der Waals surface area (Å²) in [4.78, 5) is 28.6. The van der Waals surface area contributed by atoms with Gasteiger partial charge in [-0.1, -0.05) is 0 Å². The number of carbonyl (C=O) groups is 1. The van der Waals surface area contributed by atoms with Crippen LogP contribution in [0.2, 0.25) is 0 Å². The Balaban J connectivity index is 1.34. The van der Waals surface area contributed by atoms with Crippen LogP contribution in [0.25, 0.3) is 22.4 Å². The molecule has 2 aromatic heterocycles. The monoisotopic (exact) mass is 445 g/mol. The average Bonchev–Trinajstić information content (AvgIpc) is 3.29. The maximum Gasteiger partial charge on any atom is 0.254 e. The van der Waals surface area contributed by atoms with E-state index < -0.39 is 0 Å². The third kappa shape index (κ3) is 3.89. The molecular weight excluding hydrogens is 422 g/mol. The van der Waals surface area contributed by atoms with Gasteiger partial charge in [-0.2, -0.15) is 0 Å². The number of H-pyrrole nitrogens is 1. The molecule has 4 aromatic rings. The lowest BCUT2D eigenvalue weighted by Crippen LogP contribution is -2.48. The highest BCUT2D eigenvalue weighted by Crippen LogP contribution is 2.39. The molecule has 0 radical (unpaired) electrons. The standard InChI is InChI=1S/C24H23N5O4/c1-33-21-13-16(12-20(30)22(21)31)23-26-18-3-2-17(14-19(18)27-23)28-8-10-29(11-9-28)24(32)15-4-6-25-7-5-15/h2-7,12-14,30-31H,8-11H2,1H3,(H,26,27). The summed E-state index contributed by atoms with van der Waals surface area (Å²) in [6.45, 7) is 2.72. The van der Waals surface area contributed by atoms with Gasteiger partial charge in [0.1, 0.15) is 5.82 Å². The van der Waals surface area contributed by atoms with E-state index in [0.29, 0.717) is 30.0 Å². The Labute approximate surface area is 189 Å². The van der Waals surface area contributed by atoms with Crippen molar-refractivity contribution in [1.82, 2.24) is 19.9 Å². The molecule has 0 aliphatic carbocycles. The summed E-state index contributed by atoms with van der Waals surface area (Å²) in [5.74, 6) is 0.178. The number of pyridine rings is 1. The van der Waals surface area contributed by atoms with Crippen molar-refractivity contribution >= 4 is 22.6 Å². The Kier molecular flexibility index (Phi) is 5.21. The molecule has 0 atom stereocenters. The largest absolute Gasteiger partial charge is 0.504 e. The van der Waals surface area contributed by atoms with Gasteiger partial charge < -0.3 is 29.7 Å². The number of rotatable bonds is 4. The number of phenolic OH excluding ortho intramolecular Hbond substituents is 2. The van der Waals surface area contributed by atoms with E-state index in [-0.39, 0.29) is 23.2 Å². The second-order valence-electron chi connectivity index (χ2n) is 7.85. The van der Waals surface area contributed by atoms with Crippen LogP contribution in [0, 0.1) is 0 Å². The smallest absolute Gasteiger partial charge is 0.254 e. The van der Waals surface area contributed by atoms with E-state index in [2.05, 4.69) is 19.9 Å². The molecule has 0 unspecified atom stereocenters. The first-order valence-corrected chi connectivity index (χ1v) is 10.6. The van der Waals surface area contributed by atoms with Gasteiger partial charge in [-0.15, -0.1) is 0 Å². The van der Waals surface area contributed by atoms with Crippen LogP contribution in [0.5, 0.6) is 17.2 Å². The maximum absolute atomic E-state index is 12.7. The number of benzene rings is 2. The quantitative estimate of drug-likeness (QED) is 0.414. The second kappa shape index (κ2) is 8.34. The van der Waals surface area contributed by atoms with Gasteiger partial charge in [0, 0.05) is 55.4 Å². The summed E-state index contributed by atoms with van der Waals surface area (Å²) >= 11 is 0. The summed E-state index contributed by atoms with van der Waals surface area (Å²) in [5, 5.41) is 19.9. The number of aromatic hydroxyl groups is 2. The Morgan fingerprint density at radius 3 is 2.52 bits per heavy atom. The van der Waals surface area contributed by atoms with Crippen LogP contribution < -0.4 is 9.64 Å². The van der Waals surface area contributed by atoms with Crippen molar-refractivity contribution in [2.45, 2.75) is 0 Å². The number of hydrogen-bond donors (Lipinski definition) is 3. The molecule has 0 bridgehead atoms. The zero-order valence-corrected chi connectivity index (χ0v) is 18.0. The third-order valence-electron chi connectivity index (χ3n) is 5.87. The SMILES string of the molecule is COc1cc(-c2nc3cc(N4CCN(C(=O)c5ccncc5)CC4)ccc3[nH]2)cc(O)c1O. The molecule has 9 heteroatoms. The van der Waals surface area contributed by atoms with Crippen molar-refractivity contribution in [2.24, 2.45) is 0 Å². The van der Waals surface area contributed by atoms with Gasteiger partial charge >= 0.3 is 0 Å². The van der Waals surface area contributed by atoms with Crippen molar-refractivity contribution in [3.05, 3.63) is 60.4 Å². The van der Waals surface area contributed by atoms with E-state index in [9.17, 15) is 15.0 Å². The van der Waals surface area contributed by atoms with E-state index in [1.165, 1.54) is 13.2 Å². The Morgan fingerprint density at radius 2 is 1.79 bits per heavy atom. The molecule has 1 saturated heterocycles. The van der Waals surface area contributed by atoms with Crippen molar-refractivity contribution in [2.75, 3.05) is 38.2 Å². The fourth-order valence-electron chi connectivity index (χ4n) is 4.06. The van der Waals surface area contributed by atoms with E-state index in [1.54, 1.807) is 30.6 Å². The van der Waals surface area contributed by atoms with E-state index in [0.717, 1.165) is 29.8 Å². The molecule has 3 heterocycles. The highest BCUT2D eigenvalue weighted by molar-refractivity contribution is 5.94. The molecule has 9 nitrogen and oxygen atoms in total. The lowest BCUT2D eigenvalue weighted by Gasteiger charge is -2.36. The molecule has 3 N–H and O–H groups in total. The number of methoxy groups -OCH3 is 1. The lowest BCUT2D eigenvalue weighted by atomic mass is 10.1. The van der Waals surface area contributed by atoms with Gasteiger partial charge in [0.15, 0.2) is 11.5 Å². The minimum Gasteiger partial charge on any atom is -0.504 e. The van der Waals surface area contributed by atoms with Crippen LogP contribution in [-0.4, -0.2) is 69.3 Å². The van der Waals surface area contributed by atoms with Crippen molar-refractivity contribution in [1.29, 1.82) is 0 Å². The van der Waals surface area contributed by atoms with Crippen LogP contribution in [0.1, 0.15) is 10.4 Å². The topological polar surface area (TPSA) is 115 Å². The molecule has 1 fully saturated rings. The Morgan fingerprint density at radius 1 is 1.03 bits per heavy atom. The van der Waals surface area contributed by atoms with Crippen LogP contribution in [-0.2, 0) is 0 Å². The van der Waals surface area contributed by atoms with Crippen LogP contribution in [0.15, 0.2) is 54.9 Å². The number of amides is 1.